The van der Waals surface area contributed by atoms with Gasteiger partial charge in [-0.05, 0) is 16.8 Å². The maximum Gasteiger partial charge on any atom is 0.264 e. The molecule has 13 heavy (non-hydrogen) atoms. The van der Waals surface area contributed by atoms with E-state index in [4.69, 9.17) is 16.1 Å². The van der Waals surface area contributed by atoms with Crippen LogP contribution in [0, 0.1) is 0 Å². The van der Waals surface area contributed by atoms with Crippen LogP contribution in [-0.4, -0.2) is 15.1 Å². The number of aromatic amines is 1. The van der Waals surface area contributed by atoms with Gasteiger partial charge in [0, 0.05) is 18.5 Å². The van der Waals surface area contributed by atoms with Crippen molar-refractivity contribution >= 4 is 11.6 Å². The summed E-state index contributed by atoms with van der Waals surface area (Å²) in [6.07, 6.45) is 3.00. The van der Waals surface area contributed by atoms with Crippen molar-refractivity contribution in [3.63, 3.8) is 0 Å². The second-order valence-corrected chi connectivity index (χ2v) is 2.63. The Morgan fingerprint density at radius 1 is 1.54 bits per heavy atom. The third-order valence-corrected chi connectivity index (χ3v) is 1.61. The summed E-state index contributed by atoms with van der Waals surface area (Å²) in [7, 11) is 0. The van der Waals surface area contributed by atoms with Crippen LogP contribution in [0.5, 0.6) is 0 Å². The van der Waals surface area contributed by atoms with E-state index in [1.54, 1.807) is 0 Å². The van der Waals surface area contributed by atoms with Crippen molar-refractivity contribution in [2.24, 2.45) is 0 Å². The summed E-state index contributed by atoms with van der Waals surface area (Å²) in [4.78, 5) is 17.7. The molecule has 2 aromatic heterocycles. The number of nitrogens with one attached hydrogen (secondary N) is 1. The Kier molecular flexibility index (Phi) is 1.86. The number of aromatic nitrogens is 3. The van der Waals surface area contributed by atoms with Gasteiger partial charge in [0.05, 0.1) is 0 Å². The van der Waals surface area contributed by atoms with Crippen molar-refractivity contribution in [1.29, 1.82) is 0 Å². The van der Waals surface area contributed by atoms with Crippen LogP contribution < -0.4 is 5.43 Å². The number of nitrogens with zero attached hydrogens (tertiary/aromatic N) is 2. The zero-order valence-electron chi connectivity index (χ0n) is 6.32. The van der Waals surface area contributed by atoms with Gasteiger partial charge in [0.25, 0.3) is 11.2 Å². The first-order chi connectivity index (χ1) is 6.27. The molecule has 0 aliphatic rings. The third-order valence-electron chi connectivity index (χ3n) is 1.46. The molecule has 0 saturated carbocycles. The second-order valence-electron chi connectivity index (χ2n) is 2.29. The largest absolute Gasteiger partial charge is 0.367 e. The Bertz CT molecular complexity index is 476. The topological polar surface area (TPSA) is 71.8 Å². The maximum absolute atomic E-state index is 11.2. The van der Waals surface area contributed by atoms with E-state index >= 15 is 0 Å². The molecule has 0 saturated heterocycles. The molecule has 66 valence electrons. The van der Waals surface area contributed by atoms with Gasteiger partial charge in [0.1, 0.15) is 5.56 Å². The van der Waals surface area contributed by atoms with Gasteiger partial charge in [0.15, 0.2) is 5.43 Å². The highest BCUT2D eigenvalue weighted by Gasteiger charge is 2.09. The molecule has 0 spiro atoms. The van der Waals surface area contributed by atoms with E-state index in [0.717, 1.165) is 0 Å². The van der Waals surface area contributed by atoms with E-state index in [2.05, 4.69) is 15.1 Å². The van der Waals surface area contributed by atoms with Gasteiger partial charge in [-0.3, -0.25) is 4.79 Å². The molecule has 2 rings (SSSR count). The molecule has 2 heterocycles. The fourth-order valence-electron chi connectivity index (χ4n) is 0.898. The zero-order valence-corrected chi connectivity index (χ0v) is 7.08. The molecule has 2 aromatic rings. The van der Waals surface area contributed by atoms with Crippen LogP contribution >= 0.6 is 11.6 Å². The third kappa shape index (κ3) is 1.46. The number of hydrogen-bond acceptors (Lipinski definition) is 4. The van der Waals surface area contributed by atoms with Crippen LogP contribution in [0.2, 0.25) is 5.28 Å². The van der Waals surface area contributed by atoms with Crippen molar-refractivity contribution in [2.45, 2.75) is 0 Å². The van der Waals surface area contributed by atoms with Crippen molar-refractivity contribution in [1.82, 2.24) is 15.1 Å². The van der Waals surface area contributed by atoms with Crippen LogP contribution in [0.25, 0.3) is 11.5 Å². The number of halogens is 1. The smallest absolute Gasteiger partial charge is 0.264 e. The van der Waals surface area contributed by atoms with Crippen LogP contribution in [0.4, 0.5) is 0 Å². The van der Waals surface area contributed by atoms with Gasteiger partial charge >= 0.3 is 0 Å². The normalized spacial score (nSPS) is 10.2. The summed E-state index contributed by atoms with van der Waals surface area (Å²) >= 11 is 5.43. The molecule has 0 bridgehead atoms. The van der Waals surface area contributed by atoms with Crippen LogP contribution in [0.3, 0.4) is 0 Å². The van der Waals surface area contributed by atoms with E-state index in [1.165, 1.54) is 18.5 Å². The summed E-state index contributed by atoms with van der Waals surface area (Å²) in [5.74, 6) is 0.117. The SMILES string of the molecule is O=c1cc[nH]cc1-c1nc(Cl)no1. The standard InChI is InChI=1S/C7H4ClN3O2/c8-7-10-6(13-11-7)4-3-9-2-1-5(4)12/h1-3H,(H,9,12). The van der Waals surface area contributed by atoms with Crippen molar-refractivity contribution in [3.05, 3.63) is 34.0 Å². The summed E-state index contributed by atoms with van der Waals surface area (Å²) in [5.41, 5.74) is 0.112. The molecule has 0 radical (unpaired) electrons. The Labute approximate surface area is 77.4 Å². The lowest BCUT2D eigenvalue weighted by atomic mass is 10.3. The summed E-state index contributed by atoms with van der Waals surface area (Å²) in [6, 6.07) is 1.37. The fraction of sp³-hybridized carbons (Fsp3) is 0. The highest BCUT2D eigenvalue weighted by atomic mass is 35.5. The second kappa shape index (κ2) is 3.02. The van der Waals surface area contributed by atoms with Gasteiger partial charge in [-0.1, -0.05) is 0 Å². The first-order valence-electron chi connectivity index (χ1n) is 3.44. The van der Waals surface area contributed by atoms with E-state index in [9.17, 15) is 4.79 Å². The average molecular weight is 198 g/mol. The number of hydrogen-bond donors (Lipinski definition) is 1. The fourth-order valence-corrected chi connectivity index (χ4v) is 1.01. The van der Waals surface area contributed by atoms with Gasteiger partial charge in [0.2, 0.25) is 0 Å². The lowest BCUT2D eigenvalue weighted by Gasteiger charge is -1.89. The molecule has 0 amide bonds. The molecule has 5 nitrogen and oxygen atoms in total. The Morgan fingerprint density at radius 2 is 2.38 bits per heavy atom. The molecular formula is C7H4ClN3O2. The number of pyridine rings is 1. The zero-order chi connectivity index (χ0) is 9.26. The molecule has 1 N–H and O–H groups in total. The van der Waals surface area contributed by atoms with Crippen LogP contribution in [0.1, 0.15) is 0 Å². The number of H-pyrrole nitrogens is 1. The Morgan fingerprint density at radius 3 is 3.00 bits per heavy atom. The van der Waals surface area contributed by atoms with E-state index in [-0.39, 0.29) is 16.6 Å². The Hall–Kier alpha value is -1.62. The highest BCUT2D eigenvalue weighted by Crippen LogP contribution is 2.12. The van der Waals surface area contributed by atoms with E-state index < -0.39 is 0 Å². The molecule has 0 fully saturated rings. The molecule has 0 aliphatic heterocycles. The van der Waals surface area contributed by atoms with Crippen molar-refractivity contribution < 1.29 is 4.52 Å². The van der Waals surface area contributed by atoms with Crippen molar-refractivity contribution in [3.8, 4) is 11.5 Å². The van der Waals surface area contributed by atoms with E-state index in [1.807, 2.05) is 0 Å². The lowest BCUT2D eigenvalue weighted by molar-refractivity contribution is 0.430. The lowest BCUT2D eigenvalue weighted by Crippen LogP contribution is -2.02. The summed E-state index contributed by atoms with van der Waals surface area (Å²) in [5, 5.41) is 3.35. The molecule has 0 aromatic carbocycles. The van der Waals surface area contributed by atoms with Gasteiger partial charge < -0.3 is 9.51 Å². The summed E-state index contributed by atoms with van der Waals surface area (Å²) in [6.45, 7) is 0. The molecule has 0 atom stereocenters. The first kappa shape index (κ1) is 8.00. The quantitative estimate of drug-likeness (QED) is 0.743. The van der Waals surface area contributed by atoms with Crippen LogP contribution in [-0.2, 0) is 0 Å². The van der Waals surface area contributed by atoms with E-state index in [0.29, 0.717) is 5.56 Å². The molecule has 6 heteroatoms. The van der Waals surface area contributed by atoms with Crippen LogP contribution in [0.15, 0.2) is 27.8 Å². The minimum atomic E-state index is -0.195. The monoisotopic (exact) mass is 197 g/mol. The first-order valence-corrected chi connectivity index (χ1v) is 3.82. The molecule has 0 unspecified atom stereocenters. The van der Waals surface area contributed by atoms with Crippen molar-refractivity contribution in [2.75, 3.05) is 0 Å². The predicted molar refractivity (Wildman–Crippen MR) is 45.4 cm³/mol. The minimum absolute atomic E-state index is 0.0155. The maximum atomic E-state index is 11.2. The molecule has 0 aliphatic carbocycles. The van der Waals surface area contributed by atoms with Gasteiger partial charge in [-0.25, -0.2) is 0 Å². The predicted octanol–water partition coefficient (Wildman–Crippen LogP) is 1.08. The Balaban J connectivity index is 2.59. The van der Waals surface area contributed by atoms with Gasteiger partial charge in [-0.15, -0.1) is 0 Å². The molecular weight excluding hydrogens is 194 g/mol. The average Bonchev–Trinajstić information content (AvgIpc) is 2.53. The number of rotatable bonds is 1. The van der Waals surface area contributed by atoms with Gasteiger partial charge in [-0.2, -0.15) is 4.98 Å². The minimum Gasteiger partial charge on any atom is -0.367 e. The highest BCUT2D eigenvalue weighted by molar-refractivity contribution is 6.28. The summed E-state index contributed by atoms with van der Waals surface area (Å²) < 4.78 is 4.72.